The minimum Gasteiger partial charge on any atom is -0.381 e. The lowest BCUT2D eigenvalue weighted by Gasteiger charge is -2.00. The van der Waals surface area contributed by atoms with Crippen LogP contribution in [0.15, 0.2) is 28.8 Å². The second kappa shape index (κ2) is 5.21. The molecule has 1 saturated heterocycles. The molecule has 0 bridgehead atoms. The van der Waals surface area contributed by atoms with Gasteiger partial charge in [0.15, 0.2) is 5.82 Å². The van der Waals surface area contributed by atoms with E-state index >= 15 is 0 Å². The second-order valence-corrected chi connectivity index (χ2v) is 4.64. The molecule has 5 nitrogen and oxygen atoms in total. The van der Waals surface area contributed by atoms with Crippen molar-refractivity contribution in [3.05, 3.63) is 35.7 Å². The summed E-state index contributed by atoms with van der Waals surface area (Å²) in [4.78, 5) is 4.38. The lowest BCUT2D eigenvalue weighted by Crippen LogP contribution is -2.04. The third-order valence-corrected chi connectivity index (χ3v) is 3.22. The van der Waals surface area contributed by atoms with Gasteiger partial charge in [-0.2, -0.15) is 10.2 Å². The van der Waals surface area contributed by atoms with Gasteiger partial charge in [-0.1, -0.05) is 5.16 Å². The van der Waals surface area contributed by atoms with E-state index in [4.69, 9.17) is 14.5 Å². The minimum absolute atomic E-state index is 0.492. The fourth-order valence-corrected chi connectivity index (χ4v) is 2.14. The highest BCUT2D eigenvalue weighted by atomic mass is 16.5. The molecule has 1 aromatic carbocycles. The number of nitrogens with zero attached hydrogens (tertiary/aromatic N) is 3. The van der Waals surface area contributed by atoms with E-state index in [1.54, 1.807) is 12.1 Å². The Labute approximate surface area is 110 Å². The van der Waals surface area contributed by atoms with Crippen LogP contribution in [0.5, 0.6) is 0 Å². The number of ether oxygens (including phenoxy) is 1. The number of hydrogen-bond acceptors (Lipinski definition) is 5. The predicted octanol–water partition coefficient (Wildman–Crippen LogP) is 2.19. The van der Waals surface area contributed by atoms with Crippen LogP contribution >= 0.6 is 0 Å². The molecule has 19 heavy (non-hydrogen) atoms. The van der Waals surface area contributed by atoms with Crippen LogP contribution < -0.4 is 0 Å². The van der Waals surface area contributed by atoms with Crippen molar-refractivity contribution in [1.29, 1.82) is 5.26 Å². The smallest absolute Gasteiger partial charge is 0.257 e. The Kier molecular flexibility index (Phi) is 3.25. The van der Waals surface area contributed by atoms with E-state index < -0.39 is 0 Å². The summed E-state index contributed by atoms with van der Waals surface area (Å²) in [5.74, 6) is 1.71. The number of nitriles is 1. The maximum atomic E-state index is 8.75. The van der Waals surface area contributed by atoms with Crippen molar-refractivity contribution in [2.45, 2.75) is 12.8 Å². The summed E-state index contributed by atoms with van der Waals surface area (Å²) < 4.78 is 10.6. The molecular weight excluding hydrogens is 242 g/mol. The van der Waals surface area contributed by atoms with E-state index in [1.165, 1.54) is 0 Å². The lowest BCUT2D eigenvalue weighted by molar-refractivity contribution is 0.185. The zero-order valence-corrected chi connectivity index (χ0v) is 10.4. The Morgan fingerprint density at radius 3 is 2.84 bits per heavy atom. The van der Waals surface area contributed by atoms with E-state index in [0.29, 0.717) is 17.4 Å². The first-order valence-electron chi connectivity index (χ1n) is 6.26. The Hall–Kier alpha value is -2.19. The topological polar surface area (TPSA) is 71.9 Å². The monoisotopic (exact) mass is 255 g/mol. The van der Waals surface area contributed by atoms with Gasteiger partial charge in [-0.05, 0) is 36.6 Å². The van der Waals surface area contributed by atoms with E-state index in [1.807, 2.05) is 12.1 Å². The first kappa shape index (κ1) is 11.9. The second-order valence-electron chi connectivity index (χ2n) is 4.64. The highest BCUT2D eigenvalue weighted by Gasteiger charge is 2.19. The fraction of sp³-hybridized carbons (Fsp3) is 0.357. The predicted molar refractivity (Wildman–Crippen MR) is 67.1 cm³/mol. The Morgan fingerprint density at radius 2 is 2.16 bits per heavy atom. The SMILES string of the molecule is N#Cc1ccc(-c2nc(CC3CCOC3)no2)cc1. The molecule has 0 N–H and O–H groups in total. The van der Waals surface area contributed by atoms with E-state index in [0.717, 1.165) is 37.4 Å². The summed E-state index contributed by atoms with van der Waals surface area (Å²) >= 11 is 0. The van der Waals surface area contributed by atoms with Crippen molar-refractivity contribution >= 4 is 0 Å². The molecule has 96 valence electrons. The van der Waals surface area contributed by atoms with Crippen LogP contribution in [0.3, 0.4) is 0 Å². The molecule has 1 unspecified atom stereocenters. The van der Waals surface area contributed by atoms with Crippen LogP contribution in [0.25, 0.3) is 11.5 Å². The number of aromatic nitrogens is 2. The fourth-order valence-electron chi connectivity index (χ4n) is 2.14. The maximum absolute atomic E-state index is 8.75. The summed E-state index contributed by atoms with van der Waals surface area (Å²) in [7, 11) is 0. The van der Waals surface area contributed by atoms with Gasteiger partial charge in [-0.15, -0.1) is 0 Å². The molecular formula is C14H13N3O2. The molecule has 1 atom stereocenters. The zero-order valence-electron chi connectivity index (χ0n) is 10.4. The largest absolute Gasteiger partial charge is 0.381 e. The molecule has 1 aliphatic heterocycles. The number of benzene rings is 1. The average Bonchev–Trinajstić information content (AvgIpc) is 3.11. The van der Waals surface area contributed by atoms with Crippen LogP contribution in [0.1, 0.15) is 17.8 Å². The van der Waals surface area contributed by atoms with Gasteiger partial charge in [0.1, 0.15) is 0 Å². The summed E-state index contributed by atoms with van der Waals surface area (Å²) in [5.41, 5.74) is 1.45. The summed E-state index contributed by atoms with van der Waals surface area (Å²) in [6, 6.07) is 9.19. The molecule has 1 aromatic heterocycles. The van der Waals surface area contributed by atoms with Crippen LogP contribution in [0, 0.1) is 17.2 Å². The van der Waals surface area contributed by atoms with Crippen LogP contribution in [-0.2, 0) is 11.2 Å². The van der Waals surface area contributed by atoms with E-state index in [2.05, 4.69) is 16.2 Å². The van der Waals surface area contributed by atoms with Crippen molar-refractivity contribution < 1.29 is 9.26 Å². The third-order valence-electron chi connectivity index (χ3n) is 3.22. The highest BCUT2D eigenvalue weighted by molar-refractivity contribution is 5.54. The van der Waals surface area contributed by atoms with Crippen LogP contribution in [-0.4, -0.2) is 23.4 Å². The molecule has 0 aliphatic carbocycles. The van der Waals surface area contributed by atoms with Gasteiger partial charge in [0.25, 0.3) is 5.89 Å². The Morgan fingerprint density at radius 1 is 1.32 bits per heavy atom. The zero-order chi connectivity index (χ0) is 13.1. The van der Waals surface area contributed by atoms with Gasteiger partial charge in [-0.25, -0.2) is 0 Å². The average molecular weight is 255 g/mol. The van der Waals surface area contributed by atoms with Gasteiger partial charge < -0.3 is 9.26 Å². The summed E-state index contributed by atoms with van der Waals surface area (Å²) in [6.07, 6.45) is 1.85. The molecule has 1 fully saturated rings. The summed E-state index contributed by atoms with van der Waals surface area (Å²) in [6.45, 7) is 1.60. The molecule has 0 radical (unpaired) electrons. The van der Waals surface area contributed by atoms with Crippen molar-refractivity contribution in [3.63, 3.8) is 0 Å². The van der Waals surface area contributed by atoms with Crippen molar-refractivity contribution in [2.24, 2.45) is 5.92 Å². The maximum Gasteiger partial charge on any atom is 0.257 e. The molecule has 1 aliphatic rings. The third kappa shape index (κ3) is 2.64. The van der Waals surface area contributed by atoms with Crippen LogP contribution in [0.4, 0.5) is 0 Å². The van der Waals surface area contributed by atoms with Crippen molar-refractivity contribution in [1.82, 2.24) is 10.1 Å². The molecule has 2 heterocycles. The first-order valence-corrected chi connectivity index (χ1v) is 6.26. The van der Waals surface area contributed by atoms with Crippen LogP contribution in [0.2, 0.25) is 0 Å². The number of hydrogen-bond donors (Lipinski definition) is 0. The molecule has 5 heteroatoms. The standard InChI is InChI=1S/C14H13N3O2/c15-8-10-1-3-12(4-2-10)14-16-13(17-19-14)7-11-5-6-18-9-11/h1-4,11H,5-7,9H2. The summed E-state index contributed by atoms with van der Waals surface area (Å²) in [5, 5.41) is 12.7. The van der Waals surface area contributed by atoms with Gasteiger partial charge in [0.05, 0.1) is 11.6 Å². The quantitative estimate of drug-likeness (QED) is 0.840. The van der Waals surface area contributed by atoms with E-state index in [9.17, 15) is 0 Å². The molecule has 3 rings (SSSR count). The minimum atomic E-state index is 0.492. The highest BCUT2D eigenvalue weighted by Crippen LogP contribution is 2.21. The Balaban J connectivity index is 1.74. The van der Waals surface area contributed by atoms with Gasteiger partial charge in [-0.3, -0.25) is 0 Å². The normalized spacial score (nSPS) is 18.4. The first-order chi connectivity index (χ1) is 9.35. The Bertz CT molecular complexity index is 592. The van der Waals surface area contributed by atoms with Gasteiger partial charge >= 0.3 is 0 Å². The molecule has 2 aromatic rings. The lowest BCUT2D eigenvalue weighted by atomic mass is 10.1. The molecule has 0 amide bonds. The van der Waals surface area contributed by atoms with E-state index in [-0.39, 0.29) is 0 Å². The van der Waals surface area contributed by atoms with Crippen molar-refractivity contribution in [3.8, 4) is 17.5 Å². The van der Waals surface area contributed by atoms with Crippen molar-refractivity contribution in [2.75, 3.05) is 13.2 Å². The van der Waals surface area contributed by atoms with Gasteiger partial charge in [0.2, 0.25) is 0 Å². The molecule has 0 saturated carbocycles. The number of rotatable bonds is 3. The van der Waals surface area contributed by atoms with Gasteiger partial charge in [0, 0.05) is 25.2 Å². The molecule has 0 spiro atoms.